The van der Waals surface area contributed by atoms with Gasteiger partial charge < -0.3 is 19.9 Å². The number of H-pyrrole nitrogens is 1. The van der Waals surface area contributed by atoms with Crippen LogP contribution in [0, 0.1) is 0 Å². The average molecular weight is 293 g/mol. The Bertz CT molecular complexity index is 491. The first-order valence-corrected chi connectivity index (χ1v) is 7.27. The molecule has 0 saturated carbocycles. The molecule has 0 aliphatic carbocycles. The van der Waals surface area contributed by atoms with Crippen molar-refractivity contribution in [3.05, 3.63) is 24.0 Å². The summed E-state index contributed by atoms with van der Waals surface area (Å²) < 4.78 is 5.25. The van der Waals surface area contributed by atoms with Crippen molar-refractivity contribution in [3.63, 3.8) is 0 Å². The van der Waals surface area contributed by atoms with Gasteiger partial charge in [0, 0.05) is 25.3 Å². The Balaban J connectivity index is 1.89. The van der Waals surface area contributed by atoms with Gasteiger partial charge in [0.25, 0.3) is 5.91 Å². The van der Waals surface area contributed by atoms with Crippen LogP contribution in [0.1, 0.15) is 44.1 Å². The van der Waals surface area contributed by atoms with Gasteiger partial charge in [-0.05, 0) is 45.7 Å². The summed E-state index contributed by atoms with van der Waals surface area (Å²) in [7, 11) is 0. The van der Waals surface area contributed by atoms with Crippen LogP contribution < -0.4 is 5.32 Å². The second kappa shape index (κ2) is 6.20. The molecule has 1 saturated heterocycles. The number of piperidine rings is 1. The molecular formula is C15H23N3O3. The van der Waals surface area contributed by atoms with Crippen LogP contribution in [0.3, 0.4) is 0 Å². The Hall–Kier alpha value is -1.98. The van der Waals surface area contributed by atoms with E-state index in [9.17, 15) is 9.59 Å². The predicted octanol–water partition coefficient (Wildman–Crippen LogP) is 2.14. The molecule has 1 atom stereocenters. The minimum Gasteiger partial charge on any atom is -0.444 e. The van der Waals surface area contributed by atoms with Crippen molar-refractivity contribution in [2.45, 2.75) is 45.3 Å². The van der Waals surface area contributed by atoms with Gasteiger partial charge in [-0.2, -0.15) is 0 Å². The fourth-order valence-corrected chi connectivity index (χ4v) is 2.39. The van der Waals surface area contributed by atoms with Crippen LogP contribution in [0.4, 0.5) is 4.79 Å². The van der Waals surface area contributed by atoms with Gasteiger partial charge in [-0.1, -0.05) is 0 Å². The van der Waals surface area contributed by atoms with Crippen molar-refractivity contribution in [1.82, 2.24) is 15.2 Å². The molecule has 0 spiro atoms. The number of carbonyl (C=O) groups is 2. The minimum atomic E-state index is -0.515. The lowest BCUT2D eigenvalue weighted by atomic mass is 10.1. The van der Waals surface area contributed by atoms with E-state index in [1.807, 2.05) is 20.8 Å². The van der Waals surface area contributed by atoms with Crippen LogP contribution in [-0.4, -0.2) is 46.6 Å². The van der Waals surface area contributed by atoms with E-state index in [-0.39, 0.29) is 11.9 Å². The number of hydrogen-bond donors (Lipinski definition) is 2. The molecule has 0 radical (unpaired) electrons. The third-order valence-electron chi connectivity index (χ3n) is 3.26. The predicted molar refractivity (Wildman–Crippen MR) is 79.1 cm³/mol. The van der Waals surface area contributed by atoms with Gasteiger partial charge in [-0.25, -0.2) is 4.79 Å². The van der Waals surface area contributed by atoms with E-state index in [2.05, 4.69) is 10.3 Å². The normalized spacial score (nSPS) is 19.2. The van der Waals surface area contributed by atoms with Crippen LogP contribution in [0.25, 0.3) is 0 Å². The molecule has 0 bridgehead atoms. The summed E-state index contributed by atoms with van der Waals surface area (Å²) in [5.74, 6) is -0.0318. The van der Waals surface area contributed by atoms with Crippen molar-refractivity contribution in [1.29, 1.82) is 0 Å². The zero-order valence-corrected chi connectivity index (χ0v) is 12.8. The van der Waals surface area contributed by atoms with Gasteiger partial charge in [0.2, 0.25) is 0 Å². The van der Waals surface area contributed by atoms with Gasteiger partial charge in [-0.3, -0.25) is 4.79 Å². The van der Waals surface area contributed by atoms with Crippen molar-refractivity contribution in [3.8, 4) is 0 Å². The number of rotatable bonds is 2. The molecule has 1 unspecified atom stereocenters. The molecule has 1 aromatic heterocycles. The number of ether oxygens (including phenoxy) is 1. The number of aromatic amines is 1. The van der Waals surface area contributed by atoms with Crippen molar-refractivity contribution < 1.29 is 14.3 Å². The highest BCUT2D eigenvalue weighted by molar-refractivity contribution is 5.92. The van der Waals surface area contributed by atoms with E-state index in [4.69, 9.17) is 4.74 Å². The van der Waals surface area contributed by atoms with Crippen LogP contribution in [0.15, 0.2) is 18.3 Å². The highest BCUT2D eigenvalue weighted by Crippen LogP contribution is 2.14. The minimum absolute atomic E-state index is 0.0318. The molecule has 1 aliphatic heterocycles. The molecule has 2 heterocycles. The molecule has 1 aromatic rings. The van der Waals surface area contributed by atoms with Gasteiger partial charge in [0.1, 0.15) is 11.3 Å². The lowest BCUT2D eigenvalue weighted by Crippen LogP contribution is -2.50. The zero-order chi connectivity index (χ0) is 15.5. The molecule has 21 heavy (non-hydrogen) atoms. The standard InChI is InChI=1S/C15H23N3O3/c1-15(2,3)21-14(20)17-11-6-5-9-18(10-11)13(19)12-7-4-8-16-12/h4,7-8,11,16H,5-6,9-10H2,1-3H3,(H,17,20). The van der Waals surface area contributed by atoms with Crippen LogP contribution in [0.5, 0.6) is 0 Å². The Morgan fingerprint density at radius 3 is 2.81 bits per heavy atom. The number of hydrogen-bond acceptors (Lipinski definition) is 3. The molecule has 2 N–H and O–H groups in total. The van der Waals surface area contributed by atoms with E-state index in [1.54, 1.807) is 23.2 Å². The van der Waals surface area contributed by atoms with E-state index in [0.29, 0.717) is 18.8 Å². The Kier molecular flexibility index (Phi) is 4.55. The van der Waals surface area contributed by atoms with Gasteiger partial charge in [0.05, 0.1) is 0 Å². The number of likely N-dealkylation sites (tertiary alicyclic amines) is 1. The fraction of sp³-hybridized carbons (Fsp3) is 0.600. The quantitative estimate of drug-likeness (QED) is 0.877. The third kappa shape index (κ3) is 4.51. The molecule has 2 rings (SSSR count). The highest BCUT2D eigenvalue weighted by atomic mass is 16.6. The van der Waals surface area contributed by atoms with E-state index >= 15 is 0 Å². The SMILES string of the molecule is CC(C)(C)OC(=O)NC1CCCN(C(=O)c2ccc[nH]2)C1. The number of aromatic nitrogens is 1. The van der Waals surface area contributed by atoms with Crippen LogP contribution >= 0.6 is 0 Å². The fourth-order valence-electron chi connectivity index (χ4n) is 2.39. The van der Waals surface area contributed by atoms with E-state index in [1.165, 1.54) is 0 Å². The first-order valence-electron chi connectivity index (χ1n) is 7.27. The molecule has 2 amide bonds. The molecule has 1 aliphatic rings. The Morgan fingerprint density at radius 2 is 2.19 bits per heavy atom. The van der Waals surface area contributed by atoms with Gasteiger partial charge in [0.15, 0.2) is 0 Å². The van der Waals surface area contributed by atoms with Crippen molar-refractivity contribution >= 4 is 12.0 Å². The number of amides is 2. The van der Waals surface area contributed by atoms with E-state index < -0.39 is 11.7 Å². The second-order valence-electron chi connectivity index (χ2n) is 6.32. The largest absolute Gasteiger partial charge is 0.444 e. The second-order valence-corrected chi connectivity index (χ2v) is 6.32. The maximum atomic E-state index is 12.3. The highest BCUT2D eigenvalue weighted by Gasteiger charge is 2.27. The number of nitrogens with one attached hydrogen (secondary N) is 2. The number of alkyl carbamates (subject to hydrolysis) is 1. The topological polar surface area (TPSA) is 74.4 Å². The summed E-state index contributed by atoms with van der Waals surface area (Å²) in [6, 6.07) is 3.49. The number of carbonyl (C=O) groups excluding carboxylic acids is 2. The smallest absolute Gasteiger partial charge is 0.407 e. The number of nitrogens with zero attached hydrogens (tertiary/aromatic N) is 1. The average Bonchev–Trinajstić information content (AvgIpc) is 2.89. The van der Waals surface area contributed by atoms with Crippen molar-refractivity contribution in [2.24, 2.45) is 0 Å². The Labute approximate surface area is 124 Å². The maximum Gasteiger partial charge on any atom is 0.407 e. The summed E-state index contributed by atoms with van der Waals surface area (Å²) in [6.45, 7) is 6.71. The first kappa shape index (κ1) is 15.4. The van der Waals surface area contributed by atoms with Gasteiger partial charge >= 0.3 is 6.09 Å². The molecule has 0 aromatic carbocycles. The molecule has 6 nitrogen and oxygen atoms in total. The molecule has 6 heteroatoms. The summed E-state index contributed by atoms with van der Waals surface area (Å²) in [5, 5.41) is 2.84. The lowest BCUT2D eigenvalue weighted by molar-refractivity contribution is 0.0451. The first-order chi connectivity index (χ1) is 9.85. The van der Waals surface area contributed by atoms with E-state index in [0.717, 1.165) is 12.8 Å². The summed E-state index contributed by atoms with van der Waals surface area (Å²) in [4.78, 5) is 28.7. The van der Waals surface area contributed by atoms with Crippen LogP contribution in [0.2, 0.25) is 0 Å². The summed E-state index contributed by atoms with van der Waals surface area (Å²) >= 11 is 0. The Morgan fingerprint density at radius 1 is 1.43 bits per heavy atom. The maximum absolute atomic E-state index is 12.3. The third-order valence-corrected chi connectivity index (χ3v) is 3.26. The molecule has 1 fully saturated rings. The molecular weight excluding hydrogens is 270 g/mol. The lowest BCUT2D eigenvalue weighted by Gasteiger charge is -2.33. The van der Waals surface area contributed by atoms with Crippen LogP contribution in [-0.2, 0) is 4.74 Å². The monoisotopic (exact) mass is 293 g/mol. The molecule has 116 valence electrons. The summed E-state index contributed by atoms with van der Waals surface area (Å²) in [6.07, 6.45) is 3.02. The van der Waals surface area contributed by atoms with Crippen molar-refractivity contribution in [2.75, 3.05) is 13.1 Å². The summed E-state index contributed by atoms with van der Waals surface area (Å²) in [5.41, 5.74) is 0.0614. The zero-order valence-electron chi connectivity index (χ0n) is 12.8. The van der Waals surface area contributed by atoms with Gasteiger partial charge in [-0.15, -0.1) is 0 Å².